The molecule has 4 nitrogen and oxygen atoms in total. The van der Waals surface area contributed by atoms with Crippen molar-refractivity contribution in [2.24, 2.45) is 0 Å². The lowest BCUT2D eigenvalue weighted by Crippen LogP contribution is -2.06. The van der Waals surface area contributed by atoms with Gasteiger partial charge in [-0.1, -0.05) is 44.2 Å². The number of benzene rings is 1. The maximum atomic E-state index is 4.58. The van der Waals surface area contributed by atoms with Gasteiger partial charge in [0.05, 0.1) is 0 Å². The predicted octanol–water partition coefficient (Wildman–Crippen LogP) is 4.58. The van der Waals surface area contributed by atoms with Gasteiger partial charge in [-0.15, -0.1) is 0 Å². The Labute approximate surface area is 143 Å². The van der Waals surface area contributed by atoms with E-state index in [9.17, 15) is 0 Å². The van der Waals surface area contributed by atoms with Crippen molar-refractivity contribution in [2.45, 2.75) is 33.2 Å². The molecule has 0 radical (unpaired) electrons. The largest absolute Gasteiger partial charge is 0.366 e. The topological polar surface area (TPSA) is 50.7 Å². The molecule has 1 N–H and O–H groups in total. The minimum Gasteiger partial charge on any atom is -0.366 e. The molecule has 0 aliphatic carbocycles. The van der Waals surface area contributed by atoms with Crippen LogP contribution in [-0.4, -0.2) is 15.0 Å². The first kappa shape index (κ1) is 16.1. The zero-order valence-electron chi connectivity index (χ0n) is 14.3. The highest BCUT2D eigenvalue weighted by atomic mass is 15.0. The maximum absolute atomic E-state index is 4.58. The highest BCUT2D eigenvalue weighted by Crippen LogP contribution is 2.19. The lowest BCUT2D eigenvalue weighted by Gasteiger charge is -2.11. The van der Waals surface area contributed by atoms with Crippen LogP contribution < -0.4 is 5.32 Å². The van der Waals surface area contributed by atoms with Crippen molar-refractivity contribution in [3.05, 3.63) is 71.9 Å². The van der Waals surface area contributed by atoms with Gasteiger partial charge in [0.2, 0.25) is 0 Å². The van der Waals surface area contributed by atoms with Crippen LogP contribution in [0, 0.1) is 6.92 Å². The smallest absolute Gasteiger partial charge is 0.133 e. The Hall–Kier alpha value is -2.75. The fraction of sp³-hybridized carbons (Fsp3) is 0.250. The average Bonchev–Trinajstić information content (AvgIpc) is 2.61. The van der Waals surface area contributed by atoms with Gasteiger partial charge in [0.25, 0.3) is 0 Å². The van der Waals surface area contributed by atoms with Gasteiger partial charge in [0, 0.05) is 36.6 Å². The summed E-state index contributed by atoms with van der Waals surface area (Å²) in [5.41, 5.74) is 4.50. The molecule has 0 bridgehead atoms. The normalized spacial score (nSPS) is 10.8. The second-order valence-electron chi connectivity index (χ2n) is 6.20. The van der Waals surface area contributed by atoms with Crippen molar-refractivity contribution < 1.29 is 0 Å². The zero-order chi connectivity index (χ0) is 16.9. The fourth-order valence-corrected chi connectivity index (χ4v) is 2.48. The molecule has 2 heterocycles. The number of pyridine rings is 1. The number of nitrogens with one attached hydrogen (secondary N) is 1. The minimum atomic E-state index is 0.323. The number of hydrogen-bond acceptors (Lipinski definition) is 4. The lowest BCUT2D eigenvalue weighted by molar-refractivity contribution is 0.766. The molecule has 122 valence electrons. The molecule has 4 heteroatoms. The molecule has 24 heavy (non-hydrogen) atoms. The van der Waals surface area contributed by atoms with Crippen LogP contribution in [0.1, 0.15) is 36.8 Å². The summed E-state index contributed by atoms with van der Waals surface area (Å²) in [6.07, 6.45) is 3.67. The molecule has 1 aromatic carbocycles. The van der Waals surface area contributed by atoms with Crippen molar-refractivity contribution in [3.8, 4) is 11.1 Å². The molecule has 0 spiro atoms. The predicted molar refractivity (Wildman–Crippen MR) is 97.9 cm³/mol. The van der Waals surface area contributed by atoms with E-state index in [-0.39, 0.29) is 0 Å². The van der Waals surface area contributed by atoms with Gasteiger partial charge in [-0.25, -0.2) is 9.97 Å². The third-order valence-corrected chi connectivity index (χ3v) is 3.81. The summed E-state index contributed by atoms with van der Waals surface area (Å²) in [7, 11) is 0. The van der Waals surface area contributed by atoms with Gasteiger partial charge in [-0.3, -0.25) is 4.98 Å². The van der Waals surface area contributed by atoms with Crippen LogP contribution in [-0.2, 0) is 6.54 Å². The van der Waals surface area contributed by atoms with Crippen LogP contribution >= 0.6 is 0 Å². The summed E-state index contributed by atoms with van der Waals surface area (Å²) in [5.74, 6) is 2.08. The van der Waals surface area contributed by atoms with E-state index in [1.807, 2.05) is 25.3 Å². The zero-order valence-corrected chi connectivity index (χ0v) is 14.3. The van der Waals surface area contributed by atoms with Gasteiger partial charge < -0.3 is 5.32 Å². The van der Waals surface area contributed by atoms with Crippen LogP contribution in [0.5, 0.6) is 0 Å². The standard InChI is InChI=1S/C20H22N4/c1-14(2)20-23-15(3)11-19(24-20)22-12-16-6-8-17(9-7-16)18-5-4-10-21-13-18/h4-11,13-14H,12H2,1-3H3,(H,22,23,24). The summed E-state index contributed by atoms with van der Waals surface area (Å²) < 4.78 is 0. The van der Waals surface area contributed by atoms with E-state index in [1.54, 1.807) is 6.20 Å². The van der Waals surface area contributed by atoms with Crippen LogP contribution in [0.2, 0.25) is 0 Å². The molecule has 2 aromatic heterocycles. The Morgan fingerprint density at radius 2 is 1.79 bits per heavy atom. The summed E-state index contributed by atoms with van der Waals surface area (Å²) in [6, 6.07) is 14.5. The highest BCUT2D eigenvalue weighted by molar-refractivity contribution is 5.62. The third-order valence-electron chi connectivity index (χ3n) is 3.81. The second-order valence-corrected chi connectivity index (χ2v) is 6.20. The van der Waals surface area contributed by atoms with Gasteiger partial charge in [0.15, 0.2) is 0 Å². The van der Waals surface area contributed by atoms with Crippen molar-refractivity contribution in [2.75, 3.05) is 5.32 Å². The summed E-state index contributed by atoms with van der Waals surface area (Å²) >= 11 is 0. The summed E-state index contributed by atoms with van der Waals surface area (Å²) in [5, 5.41) is 3.39. The van der Waals surface area contributed by atoms with Gasteiger partial charge in [-0.05, 0) is 29.7 Å². The summed E-state index contributed by atoms with van der Waals surface area (Å²) in [6.45, 7) is 6.95. The molecule has 0 unspecified atom stereocenters. The Balaban J connectivity index is 1.69. The maximum Gasteiger partial charge on any atom is 0.133 e. The van der Waals surface area contributed by atoms with E-state index in [1.165, 1.54) is 11.1 Å². The van der Waals surface area contributed by atoms with Crippen molar-refractivity contribution in [1.29, 1.82) is 0 Å². The van der Waals surface area contributed by atoms with Crippen molar-refractivity contribution in [1.82, 2.24) is 15.0 Å². The van der Waals surface area contributed by atoms with Gasteiger partial charge >= 0.3 is 0 Å². The van der Waals surface area contributed by atoms with Crippen LogP contribution in [0.15, 0.2) is 54.9 Å². The van der Waals surface area contributed by atoms with E-state index in [0.29, 0.717) is 5.92 Å². The Morgan fingerprint density at radius 3 is 2.46 bits per heavy atom. The fourth-order valence-electron chi connectivity index (χ4n) is 2.48. The van der Waals surface area contributed by atoms with E-state index in [2.05, 4.69) is 64.4 Å². The number of nitrogens with zero attached hydrogens (tertiary/aromatic N) is 3. The Kier molecular flexibility index (Phi) is 4.85. The molecule has 0 saturated carbocycles. The van der Waals surface area contributed by atoms with Crippen molar-refractivity contribution in [3.63, 3.8) is 0 Å². The molecule has 3 aromatic rings. The SMILES string of the molecule is Cc1cc(NCc2ccc(-c3cccnc3)cc2)nc(C(C)C)n1. The summed E-state index contributed by atoms with van der Waals surface area (Å²) in [4.78, 5) is 13.2. The van der Waals surface area contributed by atoms with Gasteiger partial charge in [0.1, 0.15) is 11.6 Å². The molecule has 0 fully saturated rings. The van der Waals surface area contributed by atoms with E-state index in [4.69, 9.17) is 0 Å². The molecule has 3 rings (SSSR count). The number of aromatic nitrogens is 3. The highest BCUT2D eigenvalue weighted by Gasteiger charge is 2.06. The number of anilines is 1. The van der Waals surface area contributed by atoms with Crippen LogP contribution in [0.25, 0.3) is 11.1 Å². The molecule has 0 aliphatic rings. The molecular weight excluding hydrogens is 296 g/mol. The molecule has 0 amide bonds. The minimum absolute atomic E-state index is 0.323. The van der Waals surface area contributed by atoms with E-state index in [0.717, 1.165) is 29.4 Å². The monoisotopic (exact) mass is 318 g/mol. The second kappa shape index (κ2) is 7.21. The number of hydrogen-bond donors (Lipinski definition) is 1. The molecule has 0 atom stereocenters. The third kappa shape index (κ3) is 3.96. The Morgan fingerprint density at radius 1 is 1.00 bits per heavy atom. The van der Waals surface area contributed by atoms with Gasteiger partial charge in [-0.2, -0.15) is 0 Å². The first-order valence-electron chi connectivity index (χ1n) is 8.20. The van der Waals surface area contributed by atoms with Crippen LogP contribution in [0.3, 0.4) is 0 Å². The molecular formula is C20H22N4. The molecule has 0 saturated heterocycles. The quantitative estimate of drug-likeness (QED) is 0.748. The first-order chi connectivity index (χ1) is 11.6. The van der Waals surface area contributed by atoms with E-state index >= 15 is 0 Å². The Bertz CT molecular complexity index is 796. The number of rotatable bonds is 5. The average molecular weight is 318 g/mol. The lowest BCUT2D eigenvalue weighted by atomic mass is 10.1. The van der Waals surface area contributed by atoms with E-state index < -0.39 is 0 Å². The molecule has 0 aliphatic heterocycles. The number of aryl methyl sites for hydroxylation is 1. The first-order valence-corrected chi connectivity index (χ1v) is 8.20. The van der Waals surface area contributed by atoms with Crippen LogP contribution in [0.4, 0.5) is 5.82 Å². The van der Waals surface area contributed by atoms with Crippen molar-refractivity contribution >= 4 is 5.82 Å².